The third-order valence-corrected chi connectivity index (χ3v) is 8.21. The normalized spacial score (nSPS) is 30.5. The van der Waals surface area contributed by atoms with E-state index in [-0.39, 0.29) is 17.7 Å². The van der Waals surface area contributed by atoms with Crippen LogP contribution in [0.4, 0.5) is 0 Å². The van der Waals surface area contributed by atoms with Gasteiger partial charge in [-0.2, -0.15) is 0 Å². The zero-order chi connectivity index (χ0) is 22.3. The smallest absolute Gasteiger partial charge is 0.253 e. The Bertz CT molecular complexity index is 976. The van der Waals surface area contributed by atoms with Gasteiger partial charge in [0, 0.05) is 37.2 Å². The van der Waals surface area contributed by atoms with Gasteiger partial charge in [0.05, 0.1) is 5.60 Å². The maximum atomic E-state index is 13.2. The highest BCUT2D eigenvalue weighted by Gasteiger charge is 2.58. The molecule has 3 fully saturated rings. The van der Waals surface area contributed by atoms with Crippen LogP contribution >= 0.6 is 0 Å². The van der Waals surface area contributed by atoms with Gasteiger partial charge >= 0.3 is 0 Å². The van der Waals surface area contributed by atoms with Gasteiger partial charge in [0.15, 0.2) is 0 Å². The Balaban J connectivity index is 1.45. The van der Waals surface area contributed by atoms with Crippen LogP contribution in [0.25, 0.3) is 0 Å². The topological polar surface area (TPSA) is 64.0 Å². The Hall–Kier alpha value is -2.37. The van der Waals surface area contributed by atoms with Crippen LogP contribution in [-0.4, -0.2) is 64.2 Å². The Kier molecular flexibility index (Phi) is 5.50. The number of aromatic hydroxyl groups is 1. The van der Waals surface area contributed by atoms with Crippen molar-refractivity contribution in [2.24, 2.45) is 5.92 Å². The van der Waals surface area contributed by atoms with Gasteiger partial charge < -0.3 is 20.0 Å². The summed E-state index contributed by atoms with van der Waals surface area (Å²) in [6, 6.07) is 16.9. The van der Waals surface area contributed by atoms with E-state index in [4.69, 9.17) is 0 Å². The van der Waals surface area contributed by atoms with Crippen molar-refractivity contribution >= 4 is 5.91 Å². The lowest BCUT2D eigenvalue weighted by Crippen LogP contribution is -2.67. The molecule has 0 spiro atoms. The molecule has 5 nitrogen and oxygen atoms in total. The summed E-state index contributed by atoms with van der Waals surface area (Å²) in [7, 11) is 1.89. The number of rotatable bonds is 5. The number of hydrogen-bond acceptors (Lipinski definition) is 4. The molecule has 32 heavy (non-hydrogen) atoms. The molecule has 1 heterocycles. The summed E-state index contributed by atoms with van der Waals surface area (Å²) in [4.78, 5) is 17.5. The van der Waals surface area contributed by atoms with Crippen molar-refractivity contribution in [3.8, 4) is 5.75 Å². The van der Waals surface area contributed by atoms with Crippen molar-refractivity contribution in [3.63, 3.8) is 0 Å². The predicted octanol–water partition coefficient (Wildman–Crippen LogP) is 3.80. The number of β-amino-alcohol motifs (C(OH)–C–C–N with tert-alkyl or cyclic N) is 1. The molecular formula is C27H34N2O3. The summed E-state index contributed by atoms with van der Waals surface area (Å²) in [5.74, 6) is 1.05. The third kappa shape index (κ3) is 3.82. The lowest BCUT2D eigenvalue weighted by molar-refractivity contribution is -0.132. The van der Waals surface area contributed by atoms with E-state index in [1.165, 1.54) is 12.8 Å². The van der Waals surface area contributed by atoms with Crippen LogP contribution in [0.1, 0.15) is 54.4 Å². The average Bonchev–Trinajstić information content (AvgIpc) is 3.62. The molecule has 2 saturated carbocycles. The van der Waals surface area contributed by atoms with Crippen LogP contribution in [0, 0.1) is 5.92 Å². The third-order valence-electron chi connectivity index (χ3n) is 8.21. The minimum atomic E-state index is -0.860. The number of phenolic OH excluding ortho intramolecular Hbond substituents is 1. The van der Waals surface area contributed by atoms with Crippen molar-refractivity contribution in [1.29, 1.82) is 0 Å². The highest BCUT2D eigenvalue weighted by molar-refractivity contribution is 5.94. The number of fused-ring (bicyclic) bond motifs is 1. The maximum Gasteiger partial charge on any atom is 0.253 e. The number of likely N-dealkylation sites (tertiary alicyclic amines) is 1. The summed E-state index contributed by atoms with van der Waals surface area (Å²) in [5, 5.41) is 22.4. The molecule has 170 valence electrons. The summed E-state index contributed by atoms with van der Waals surface area (Å²) in [6.45, 7) is 2.69. The highest BCUT2D eigenvalue weighted by Crippen LogP contribution is 2.53. The number of carbonyl (C=O) groups is 1. The van der Waals surface area contributed by atoms with Gasteiger partial charge in [0.25, 0.3) is 5.91 Å². The van der Waals surface area contributed by atoms with Crippen molar-refractivity contribution in [2.45, 2.75) is 55.6 Å². The van der Waals surface area contributed by atoms with E-state index in [1.807, 2.05) is 60.5 Å². The molecule has 2 aromatic rings. The summed E-state index contributed by atoms with van der Waals surface area (Å²) in [6.07, 6.45) is 5.59. The number of nitrogens with zero attached hydrogens (tertiary/aromatic N) is 2. The van der Waals surface area contributed by atoms with Gasteiger partial charge in [-0.15, -0.1) is 0 Å². The van der Waals surface area contributed by atoms with Crippen LogP contribution < -0.4 is 0 Å². The molecule has 0 aromatic heterocycles. The molecule has 5 rings (SSSR count). The van der Waals surface area contributed by atoms with Gasteiger partial charge in [0.2, 0.25) is 0 Å². The first-order chi connectivity index (χ1) is 15.4. The molecule has 1 amide bonds. The molecular weight excluding hydrogens is 400 g/mol. The Morgan fingerprint density at radius 3 is 2.59 bits per heavy atom. The fraction of sp³-hybridized carbons (Fsp3) is 0.519. The molecule has 2 aliphatic carbocycles. The zero-order valence-corrected chi connectivity index (χ0v) is 18.9. The number of aliphatic hydroxyl groups is 1. The van der Waals surface area contributed by atoms with Crippen molar-refractivity contribution in [1.82, 2.24) is 9.80 Å². The van der Waals surface area contributed by atoms with Crippen molar-refractivity contribution < 1.29 is 15.0 Å². The SMILES string of the molecule is CN(C(=O)c1ccccc1)[C@@H]1CC[C@]2(O)CN(CC3CC3)CC[C@@]2(c2cccc(O)c2)C1. The number of hydrogen-bond donors (Lipinski definition) is 2. The minimum absolute atomic E-state index is 0.0262. The molecule has 3 atom stereocenters. The summed E-state index contributed by atoms with van der Waals surface area (Å²) >= 11 is 0. The number of carbonyl (C=O) groups excluding carboxylic acids is 1. The molecule has 5 heteroatoms. The van der Waals surface area contributed by atoms with Crippen LogP contribution in [0.15, 0.2) is 54.6 Å². The van der Waals surface area contributed by atoms with Gasteiger partial charge in [0.1, 0.15) is 5.75 Å². The summed E-state index contributed by atoms with van der Waals surface area (Å²) in [5.41, 5.74) is 0.360. The van der Waals surface area contributed by atoms with E-state index in [1.54, 1.807) is 6.07 Å². The lowest BCUT2D eigenvalue weighted by Gasteiger charge is -2.59. The monoisotopic (exact) mass is 434 g/mol. The van der Waals surface area contributed by atoms with Gasteiger partial charge in [-0.1, -0.05) is 30.3 Å². The second-order valence-electron chi connectivity index (χ2n) is 10.3. The largest absolute Gasteiger partial charge is 0.508 e. The van der Waals surface area contributed by atoms with Crippen molar-refractivity contribution in [2.75, 3.05) is 26.7 Å². The second-order valence-corrected chi connectivity index (χ2v) is 10.3. The van der Waals surface area contributed by atoms with E-state index in [9.17, 15) is 15.0 Å². The number of phenols is 1. The fourth-order valence-corrected chi connectivity index (χ4v) is 6.14. The highest BCUT2D eigenvalue weighted by atomic mass is 16.3. The van der Waals surface area contributed by atoms with Crippen LogP contribution in [0.2, 0.25) is 0 Å². The first kappa shape index (κ1) is 21.5. The predicted molar refractivity (Wildman–Crippen MR) is 125 cm³/mol. The quantitative estimate of drug-likeness (QED) is 0.751. The first-order valence-corrected chi connectivity index (χ1v) is 12.0. The molecule has 2 aromatic carbocycles. The van der Waals surface area contributed by atoms with Crippen LogP contribution in [-0.2, 0) is 5.41 Å². The Morgan fingerprint density at radius 1 is 1.09 bits per heavy atom. The molecule has 0 unspecified atom stereocenters. The number of benzene rings is 2. The first-order valence-electron chi connectivity index (χ1n) is 12.0. The zero-order valence-electron chi connectivity index (χ0n) is 18.9. The second kappa shape index (κ2) is 8.20. The van der Waals surface area contributed by atoms with E-state index >= 15 is 0 Å². The molecule has 3 aliphatic rings. The minimum Gasteiger partial charge on any atom is -0.508 e. The van der Waals surface area contributed by atoms with Gasteiger partial charge in [-0.3, -0.25) is 4.79 Å². The van der Waals surface area contributed by atoms with Crippen LogP contribution in [0.5, 0.6) is 5.75 Å². The van der Waals surface area contributed by atoms with Crippen molar-refractivity contribution in [3.05, 3.63) is 65.7 Å². The Labute approximate surface area is 190 Å². The molecule has 0 radical (unpaired) electrons. The fourth-order valence-electron chi connectivity index (χ4n) is 6.14. The van der Waals surface area contributed by atoms with E-state index < -0.39 is 11.0 Å². The standard InChI is InChI=1S/C27H34N2O3/c1-28(25(31)21-6-3-2-4-7-21)23-12-13-27(32)19-29(18-20-10-11-20)15-14-26(27,17-23)22-8-5-9-24(30)16-22/h2-9,16,20,23,30,32H,10-15,17-19H2,1H3/t23-,26+,27+/m1/s1. The van der Waals surface area contributed by atoms with E-state index in [0.29, 0.717) is 24.9 Å². The Morgan fingerprint density at radius 2 is 1.88 bits per heavy atom. The molecule has 2 N–H and O–H groups in total. The van der Waals surface area contributed by atoms with E-state index in [2.05, 4.69) is 4.90 Å². The lowest BCUT2D eigenvalue weighted by atomic mass is 9.55. The summed E-state index contributed by atoms with van der Waals surface area (Å²) < 4.78 is 0. The number of amides is 1. The average molecular weight is 435 g/mol. The maximum absolute atomic E-state index is 13.2. The van der Waals surface area contributed by atoms with E-state index in [0.717, 1.165) is 37.4 Å². The van der Waals surface area contributed by atoms with Gasteiger partial charge in [-0.25, -0.2) is 0 Å². The molecule has 1 saturated heterocycles. The van der Waals surface area contributed by atoms with Crippen LogP contribution in [0.3, 0.4) is 0 Å². The number of piperidine rings is 1. The molecule has 1 aliphatic heterocycles. The van der Waals surface area contributed by atoms with Gasteiger partial charge in [-0.05, 0) is 80.8 Å². The molecule has 0 bridgehead atoms.